The Bertz CT molecular complexity index is 1330. The number of rotatable bonds is 6. The van der Waals surface area contributed by atoms with Gasteiger partial charge in [0.2, 0.25) is 11.7 Å². The van der Waals surface area contributed by atoms with Crippen molar-refractivity contribution in [2.24, 2.45) is 0 Å². The van der Waals surface area contributed by atoms with Crippen LogP contribution >= 0.6 is 0 Å². The van der Waals surface area contributed by atoms with Gasteiger partial charge in [0.25, 0.3) is 5.91 Å². The molecule has 0 bridgehead atoms. The Morgan fingerprint density at radius 2 is 1.50 bits per heavy atom. The van der Waals surface area contributed by atoms with Gasteiger partial charge in [-0.25, -0.2) is 0 Å². The molecule has 1 aromatic heterocycles. The van der Waals surface area contributed by atoms with E-state index in [0.29, 0.717) is 0 Å². The number of alkyl halides is 6. The Morgan fingerprint density at radius 1 is 0.833 bits per heavy atom. The third kappa shape index (κ3) is 5.91. The van der Waals surface area contributed by atoms with E-state index in [1.807, 2.05) is 0 Å². The number of hydrogen-bond donors (Lipinski definition) is 1. The highest BCUT2D eigenvalue weighted by atomic mass is 19.4. The molecular formula is C25H17F6N3O2. The molecule has 0 saturated heterocycles. The van der Waals surface area contributed by atoms with E-state index >= 15 is 0 Å². The van der Waals surface area contributed by atoms with Gasteiger partial charge >= 0.3 is 12.4 Å². The summed E-state index contributed by atoms with van der Waals surface area (Å²) in [4.78, 5) is 17.0. The number of nitrogens with one attached hydrogen (secondary N) is 1. The van der Waals surface area contributed by atoms with Gasteiger partial charge in [-0.05, 0) is 42.0 Å². The molecule has 1 amide bonds. The average Bonchev–Trinajstić information content (AvgIpc) is 3.34. The summed E-state index contributed by atoms with van der Waals surface area (Å²) in [6.07, 6.45) is -8.93. The molecule has 0 radical (unpaired) electrons. The minimum atomic E-state index is -4.56. The van der Waals surface area contributed by atoms with Crippen LogP contribution < -0.4 is 5.32 Å². The fraction of sp³-hybridized carbons (Fsp3) is 0.160. The topological polar surface area (TPSA) is 68.0 Å². The van der Waals surface area contributed by atoms with Crippen LogP contribution in [0.3, 0.4) is 0 Å². The zero-order valence-corrected chi connectivity index (χ0v) is 18.3. The second kappa shape index (κ2) is 9.84. The van der Waals surface area contributed by atoms with Crippen LogP contribution in [0.1, 0.15) is 39.0 Å². The first-order valence-corrected chi connectivity index (χ1v) is 10.5. The molecule has 0 fully saturated rings. The largest absolute Gasteiger partial charge is 0.416 e. The molecule has 3 aromatic carbocycles. The maximum Gasteiger partial charge on any atom is 0.416 e. The minimum absolute atomic E-state index is 0.0290. The average molecular weight is 505 g/mol. The first-order chi connectivity index (χ1) is 17.0. The summed E-state index contributed by atoms with van der Waals surface area (Å²) in [5, 5.41) is 6.42. The highest BCUT2D eigenvalue weighted by molar-refractivity contribution is 5.94. The second-order valence-corrected chi connectivity index (χ2v) is 7.83. The summed E-state index contributed by atoms with van der Waals surface area (Å²) in [5.41, 5.74) is -0.981. The van der Waals surface area contributed by atoms with Crippen molar-refractivity contribution in [3.63, 3.8) is 0 Å². The van der Waals surface area contributed by atoms with Crippen LogP contribution in [0.25, 0.3) is 11.4 Å². The molecule has 1 atom stereocenters. The molecule has 186 valence electrons. The maximum atomic E-state index is 13.1. The van der Waals surface area contributed by atoms with E-state index in [1.165, 1.54) is 12.1 Å². The van der Waals surface area contributed by atoms with Gasteiger partial charge in [-0.3, -0.25) is 4.79 Å². The quantitative estimate of drug-likeness (QED) is 0.304. The molecular weight excluding hydrogens is 488 g/mol. The van der Waals surface area contributed by atoms with E-state index < -0.39 is 35.4 Å². The highest BCUT2D eigenvalue weighted by Gasteiger charge is 2.32. The molecule has 4 aromatic rings. The van der Waals surface area contributed by atoms with Gasteiger partial charge in [0.15, 0.2) is 0 Å². The standard InChI is InChI=1S/C25H17F6N3O2/c26-24(27,28)18-11-9-16(10-12-18)22(35)32-20(13-15-5-2-1-3-6-15)23-33-21(34-36-23)17-7-4-8-19(14-17)25(29,30)31/h1-12,14,20H,13H2,(H,32,35)/t20-/m0/s1. The van der Waals surface area contributed by atoms with Gasteiger partial charge in [-0.15, -0.1) is 0 Å². The van der Waals surface area contributed by atoms with E-state index in [-0.39, 0.29) is 29.3 Å². The van der Waals surface area contributed by atoms with E-state index in [1.54, 1.807) is 30.3 Å². The van der Waals surface area contributed by atoms with Gasteiger partial charge in [0.05, 0.1) is 11.1 Å². The lowest BCUT2D eigenvalue weighted by molar-refractivity contribution is -0.138. The van der Waals surface area contributed by atoms with E-state index in [9.17, 15) is 31.1 Å². The van der Waals surface area contributed by atoms with E-state index in [2.05, 4.69) is 15.5 Å². The van der Waals surface area contributed by atoms with Crippen molar-refractivity contribution in [1.29, 1.82) is 0 Å². The van der Waals surface area contributed by atoms with Gasteiger partial charge in [0, 0.05) is 17.5 Å². The Balaban J connectivity index is 1.61. The molecule has 5 nitrogen and oxygen atoms in total. The van der Waals surface area contributed by atoms with Crippen molar-refractivity contribution in [1.82, 2.24) is 15.5 Å². The van der Waals surface area contributed by atoms with Crippen molar-refractivity contribution < 1.29 is 35.7 Å². The Kier molecular flexibility index (Phi) is 6.82. The molecule has 0 unspecified atom stereocenters. The molecule has 1 N–H and O–H groups in total. The number of halogens is 6. The lowest BCUT2D eigenvalue weighted by atomic mass is 10.0. The van der Waals surface area contributed by atoms with Crippen molar-refractivity contribution >= 4 is 5.91 Å². The monoisotopic (exact) mass is 505 g/mol. The summed E-state index contributed by atoms with van der Waals surface area (Å²) in [6.45, 7) is 0. The first-order valence-electron chi connectivity index (χ1n) is 10.5. The molecule has 0 aliphatic heterocycles. The number of carbonyl (C=O) groups is 1. The third-order valence-corrected chi connectivity index (χ3v) is 5.25. The Morgan fingerprint density at radius 3 is 2.14 bits per heavy atom. The maximum absolute atomic E-state index is 13.1. The van der Waals surface area contributed by atoms with Crippen molar-refractivity contribution in [2.75, 3.05) is 0 Å². The molecule has 0 saturated carbocycles. The summed E-state index contributed by atoms with van der Waals surface area (Å²) in [7, 11) is 0. The summed E-state index contributed by atoms with van der Waals surface area (Å²) < 4.78 is 83.0. The fourth-order valence-electron chi connectivity index (χ4n) is 3.43. The molecule has 0 aliphatic carbocycles. The van der Waals surface area contributed by atoms with Crippen LogP contribution in [0.5, 0.6) is 0 Å². The van der Waals surface area contributed by atoms with Crippen LogP contribution in [-0.4, -0.2) is 16.0 Å². The van der Waals surface area contributed by atoms with Gasteiger partial charge < -0.3 is 9.84 Å². The minimum Gasteiger partial charge on any atom is -0.340 e. The number of benzene rings is 3. The fourth-order valence-corrected chi connectivity index (χ4v) is 3.43. The second-order valence-electron chi connectivity index (χ2n) is 7.83. The summed E-state index contributed by atoms with van der Waals surface area (Å²) >= 11 is 0. The number of hydrogen-bond acceptors (Lipinski definition) is 4. The molecule has 0 aliphatic rings. The molecule has 0 spiro atoms. The number of aromatic nitrogens is 2. The Hall–Kier alpha value is -4.15. The van der Waals surface area contributed by atoms with Crippen LogP contribution in [-0.2, 0) is 18.8 Å². The molecule has 36 heavy (non-hydrogen) atoms. The predicted octanol–water partition coefficient (Wildman–Crippen LogP) is 6.49. The zero-order chi connectivity index (χ0) is 25.9. The SMILES string of the molecule is O=C(N[C@@H](Cc1ccccc1)c1nc(-c2cccc(C(F)(F)F)c2)no1)c1ccc(C(F)(F)F)cc1. The van der Waals surface area contributed by atoms with Crippen molar-refractivity contribution in [2.45, 2.75) is 24.8 Å². The zero-order valence-electron chi connectivity index (χ0n) is 18.3. The van der Waals surface area contributed by atoms with E-state index in [0.717, 1.165) is 42.0 Å². The smallest absolute Gasteiger partial charge is 0.340 e. The number of nitrogens with zero attached hydrogens (tertiary/aromatic N) is 2. The van der Waals surface area contributed by atoms with Crippen LogP contribution in [0.15, 0.2) is 83.4 Å². The Labute approximate surface area is 200 Å². The molecule has 4 rings (SSSR count). The number of carbonyl (C=O) groups excluding carboxylic acids is 1. The van der Waals surface area contributed by atoms with E-state index in [4.69, 9.17) is 4.52 Å². The summed E-state index contributed by atoms with van der Waals surface area (Å²) in [6, 6.07) is 16.0. The van der Waals surface area contributed by atoms with Crippen LogP contribution in [0.4, 0.5) is 26.3 Å². The first kappa shape index (κ1) is 25.0. The van der Waals surface area contributed by atoms with Gasteiger partial charge in [0.1, 0.15) is 6.04 Å². The van der Waals surface area contributed by atoms with Gasteiger partial charge in [-0.1, -0.05) is 47.6 Å². The lowest BCUT2D eigenvalue weighted by Gasteiger charge is -2.16. The highest BCUT2D eigenvalue weighted by Crippen LogP contribution is 2.32. The molecule has 11 heteroatoms. The normalized spacial score (nSPS) is 12.8. The number of amides is 1. The van der Waals surface area contributed by atoms with Crippen molar-refractivity contribution in [3.05, 3.63) is 107 Å². The predicted molar refractivity (Wildman–Crippen MR) is 117 cm³/mol. The van der Waals surface area contributed by atoms with Crippen molar-refractivity contribution in [3.8, 4) is 11.4 Å². The third-order valence-electron chi connectivity index (χ3n) is 5.25. The molecule has 1 heterocycles. The van der Waals surface area contributed by atoms with Crippen LogP contribution in [0, 0.1) is 0 Å². The summed E-state index contributed by atoms with van der Waals surface area (Å²) in [5.74, 6) is -0.882. The van der Waals surface area contributed by atoms with Crippen LogP contribution in [0.2, 0.25) is 0 Å². The van der Waals surface area contributed by atoms with Gasteiger partial charge in [-0.2, -0.15) is 31.3 Å². The lowest BCUT2D eigenvalue weighted by Crippen LogP contribution is -2.30.